The third kappa shape index (κ3) is 4.56. The fourth-order valence-corrected chi connectivity index (χ4v) is 4.14. The highest BCUT2D eigenvalue weighted by atomic mass is 16.5. The van der Waals surface area contributed by atoms with Gasteiger partial charge in [-0.05, 0) is 51.9 Å². The second kappa shape index (κ2) is 9.68. The van der Waals surface area contributed by atoms with Gasteiger partial charge in [0.15, 0.2) is 0 Å². The first-order valence-electron chi connectivity index (χ1n) is 11.2. The van der Waals surface area contributed by atoms with Crippen molar-refractivity contribution in [3.8, 4) is 11.4 Å². The van der Waals surface area contributed by atoms with E-state index in [0.29, 0.717) is 12.2 Å². The van der Waals surface area contributed by atoms with Crippen LogP contribution in [0.2, 0.25) is 0 Å². The van der Waals surface area contributed by atoms with Crippen LogP contribution in [0.25, 0.3) is 16.6 Å². The first-order chi connectivity index (χ1) is 17.1. The van der Waals surface area contributed by atoms with E-state index in [4.69, 9.17) is 4.74 Å². The summed E-state index contributed by atoms with van der Waals surface area (Å²) >= 11 is 0. The monoisotopic (exact) mass is 468 g/mol. The molecular formula is C26H24N6O3. The Bertz CT molecular complexity index is 1500. The maximum absolute atomic E-state index is 12.8. The number of aromatic nitrogens is 5. The molecule has 0 fully saturated rings. The van der Waals surface area contributed by atoms with E-state index in [-0.39, 0.29) is 18.4 Å². The van der Waals surface area contributed by atoms with Gasteiger partial charge in [-0.3, -0.25) is 4.79 Å². The molecule has 0 bridgehead atoms. The molecule has 5 rings (SSSR count). The Morgan fingerprint density at radius 3 is 2.51 bits per heavy atom. The van der Waals surface area contributed by atoms with Crippen LogP contribution < -0.4 is 15.7 Å². The molecule has 1 unspecified atom stereocenters. The standard InChI is InChI=1S/C26H24N6O3/c1-35-20-13-11-18(12-14-20)22(23-16-27-24-10-6-5-9-21(23)24)15-28-25(33)17-31-26(34)32(30-29-31)19-7-3-2-4-8-19/h2-14,16,22,27H,15,17H2,1H3,(H,28,33). The zero-order chi connectivity index (χ0) is 24.2. The Balaban J connectivity index is 1.36. The van der Waals surface area contributed by atoms with Crippen LogP contribution in [0.15, 0.2) is 89.9 Å². The number of ether oxygens (including phenoxy) is 1. The lowest BCUT2D eigenvalue weighted by molar-refractivity contribution is -0.121. The van der Waals surface area contributed by atoms with Crippen LogP contribution in [0.5, 0.6) is 5.75 Å². The van der Waals surface area contributed by atoms with Gasteiger partial charge in [0.05, 0.1) is 12.8 Å². The zero-order valence-electron chi connectivity index (χ0n) is 19.1. The van der Waals surface area contributed by atoms with E-state index in [2.05, 4.69) is 26.8 Å². The quantitative estimate of drug-likeness (QED) is 0.364. The first kappa shape index (κ1) is 22.1. The van der Waals surface area contributed by atoms with Crippen molar-refractivity contribution < 1.29 is 9.53 Å². The Kier molecular flexibility index (Phi) is 6.13. The number of fused-ring (bicyclic) bond motifs is 1. The van der Waals surface area contributed by atoms with Gasteiger partial charge in [-0.25, -0.2) is 4.79 Å². The van der Waals surface area contributed by atoms with Gasteiger partial charge in [-0.15, -0.1) is 0 Å². The summed E-state index contributed by atoms with van der Waals surface area (Å²) in [6.07, 6.45) is 1.97. The van der Waals surface area contributed by atoms with Crippen molar-refractivity contribution in [3.05, 3.63) is 107 Å². The number of rotatable bonds is 8. The van der Waals surface area contributed by atoms with Gasteiger partial charge in [0, 0.05) is 29.6 Å². The van der Waals surface area contributed by atoms with Gasteiger partial charge in [0.1, 0.15) is 12.3 Å². The van der Waals surface area contributed by atoms with Gasteiger partial charge in [0.2, 0.25) is 5.91 Å². The minimum atomic E-state index is -0.477. The van der Waals surface area contributed by atoms with Crippen LogP contribution in [-0.4, -0.2) is 44.3 Å². The van der Waals surface area contributed by atoms with Crippen LogP contribution >= 0.6 is 0 Å². The third-order valence-corrected chi connectivity index (χ3v) is 5.95. The molecule has 2 aromatic heterocycles. The highest BCUT2D eigenvalue weighted by Crippen LogP contribution is 2.31. The Labute approximate surface area is 200 Å². The number of H-pyrrole nitrogens is 1. The number of carbonyl (C=O) groups is 1. The molecule has 0 saturated heterocycles. The number of amides is 1. The average molecular weight is 469 g/mol. The van der Waals surface area contributed by atoms with Crippen LogP contribution in [0.3, 0.4) is 0 Å². The number of methoxy groups -OCH3 is 1. The summed E-state index contributed by atoms with van der Waals surface area (Å²) in [5.41, 5.74) is 3.23. The summed E-state index contributed by atoms with van der Waals surface area (Å²) in [6.45, 7) is 0.115. The maximum Gasteiger partial charge on any atom is 0.368 e. The molecular weight excluding hydrogens is 444 g/mol. The zero-order valence-corrected chi connectivity index (χ0v) is 19.1. The van der Waals surface area contributed by atoms with Crippen LogP contribution in [-0.2, 0) is 11.3 Å². The van der Waals surface area contributed by atoms with Crippen molar-refractivity contribution in [1.29, 1.82) is 0 Å². The SMILES string of the molecule is COc1ccc(C(CNC(=O)Cn2nnn(-c3ccccc3)c2=O)c2c[nH]c3ccccc23)cc1. The van der Waals surface area contributed by atoms with E-state index < -0.39 is 5.69 Å². The number of benzene rings is 3. The molecule has 0 radical (unpaired) electrons. The Hall–Kier alpha value is -4.66. The molecule has 1 amide bonds. The van der Waals surface area contributed by atoms with E-state index in [1.165, 1.54) is 4.68 Å². The Morgan fingerprint density at radius 2 is 1.74 bits per heavy atom. The number of hydrogen-bond acceptors (Lipinski definition) is 5. The van der Waals surface area contributed by atoms with E-state index in [0.717, 1.165) is 32.5 Å². The van der Waals surface area contributed by atoms with E-state index >= 15 is 0 Å². The molecule has 1 atom stereocenters. The van der Waals surface area contributed by atoms with Crippen molar-refractivity contribution in [2.45, 2.75) is 12.5 Å². The lowest BCUT2D eigenvalue weighted by Crippen LogP contribution is -2.35. The van der Waals surface area contributed by atoms with Gasteiger partial charge in [0.25, 0.3) is 0 Å². The molecule has 3 aromatic carbocycles. The Morgan fingerprint density at radius 1 is 1.00 bits per heavy atom. The molecule has 0 aliphatic carbocycles. The lowest BCUT2D eigenvalue weighted by atomic mass is 9.91. The lowest BCUT2D eigenvalue weighted by Gasteiger charge is -2.18. The topological polar surface area (TPSA) is 107 Å². The van der Waals surface area contributed by atoms with Gasteiger partial charge >= 0.3 is 5.69 Å². The smallest absolute Gasteiger partial charge is 0.368 e. The molecule has 2 N–H and O–H groups in total. The average Bonchev–Trinajstić information content (AvgIpc) is 3.49. The predicted octanol–water partition coefficient (Wildman–Crippen LogP) is 2.87. The molecule has 9 heteroatoms. The third-order valence-electron chi connectivity index (χ3n) is 5.95. The van der Waals surface area contributed by atoms with Gasteiger partial charge < -0.3 is 15.0 Å². The summed E-state index contributed by atoms with van der Waals surface area (Å²) < 4.78 is 7.51. The molecule has 0 aliphatic rings. The maximum atomic E-state index is 12.8. The molecule has 5 aromatic rings. The molecule has 2 heterocycles. The highest BCUT2D eigenvalue weighted by Gasteiger charge is 2.20. The van der Waals surface area contributed by atoms with Crippen molar-refractivity contribution >= 4 is 16.8 Å². The number of tetrazole rings is 1. The summed E-state index contributed by atoms with van der Waals surface area (Å²) in [6, 6.07) is 24.8. The summed E-state index contributed by atoms with van der Waals surface area (Å²) in [4.78, 5) is 28.8. The number of nitrogens with one attached hydrogen (secondary N) is 2. The molecule has 9 nitrogen and oxygen atoms in total. The first-order valence-corrected chi connectivity index (χ1v) is 11.2. The number of para-hydroxylation sites is 2. The predicted molar refractivity (Wildman–Crippen MR) is 132 cm³/mol. The fraction of sp³-hybridized carbons (Fsp3) is 0.154. The molecule has 0 saturated carbocycles. The minimum absolute atomic E-state index is 0.113. The second-order valence-electron chi connectivity index (χ2n) is 8.09. The highest BCUT2D eigenvalue weighted by molar-refractivity contribution is 5.84. The van der Waals surface area contributed by atoms with E-state index in [9.17, 15) is 9.59 Å². The molecule has 0 aliphatic heterocycles. The number of aromatic amines is 1. The van der Waals surface area contributed by atoms with Crippen molar-refractivity contribution in [1.82, 2.24) is 30.1 Å². The fourth-order valence-electron chi connectivity index (χ4n) is 4.14. The van der Waals surface area contributed by atoms with Crippen molar-refractivity contribution in [2.24, 2.45) is 0 Å². The van der Waals surface area contributed by atoms with Crippen molar-refractivity contribution in [3.63, 3.8) is 0 Å². The molecule has 176 valence electrons. The van der Waals surface area contributed by atoms with Gasteiger partial charge in [-0.1, -0.05) is 48.5 Å². The van der Waals surface area contributed by atoms with Crippen LogP contribution in [0.1, 0.15) is 17.0 Å². The number of hydrogen-bond donors (Lipinski definition) is 2. The minimum Gasteiger partial charge on any atom is -0.497 e. The summed E-state index contributed by atoms with van der Waals surface area (Å²) in [5.74, 6) is 0.319. The van der Waals surface area contributed by atoms with Crippen molar-refractivity contribution in [2.75, 3.05) is 13.7 Å². The second-order valence-corrected chi connectivity index (χ2v) is 8.09. The van der Waals surface area contributed by atoms with Gasteiger partial charge in [-0.2, -0.15) is 9.36 Å². The van der Waals surface area contributed by atoms with Crippen LogP contribution in [0.4, 0.5) is 0 Å². The molecule has 0 spiro atoms. The normalized spacial score (nSPS) is 11.9. The van der Waals surface area contributed by atoms with E-state index in [1.54, 1.807) is 31.4 Å². The summed E-state index contributed by atoms with van der Waals surface area (Å²) in [7, 11) is 1.63. The number of carbonyl (C=O) groups excluding carboxylic acids is 1. The molecule has 35 heavy (non-hydrogen) atoms. The van der Waals surface area contributed by atoms with E-state index in [1.807, 2.05) is 54.7 Å². The summed E-state index contributed by atoms with van der Waals surface area (Å²) in [5, 5.41) is 11.8. The number of nitrogens with zero attached hydrogens (tertiary/aromatic N) is 4. The largest absolute Gasteiger partial charge is 0.497 e. The van der Waals surface area contributed by atoms with Crippen LogP contribution in [0, 0.1) is 0 Å².